The molecule has 0 atom stereocenters. The average molecular weight is 331 g/mol. The van der Waals surface area contributed by atoms with Crippen molar-refractivity contribution < 1.29 is 0 Å². The van der Waals surface area contributed by atoms with Gasteiger partial charge in [0.25, 0.3) is 0 Å². The van der Waals surface area contributed by atoms with Crippen LogP contribution in [0, 0.1) is 0 Å². The summed E-state index contributed by atoms with van der Waals surface area (Å²) < 4.78 is 0. The van der Waals surface area contributed by atoms with Crippen LogP contribution in [0.3, 0.4) is 0 Å². The van der Waals surface area contributed by atoms with Gasteiger partial charge < -0.3 is 0 Å². The van der Waals surface area contributed by atoms with E-state index in [9.17, 15) is 0 Å². The normalized spacial score (nSPS) is 11.0. The van der Waals surface area contributed by atoms with Gasteiger partial charge in [-0.3, -0.25) is 0 Å². The molecule has 0 aliphatic rings. The maximum atomic E-state index is 2.34. The molecule has 0 aromatic carbocycles. The highest BCUT2D eigenvalue weighted by atomic mass is 32.1. The minimum atomic E-state index is 1.33. The maximum Gasteiger partial charge on any atom is 0.0528 e. The fourth-order valence-electron chi connectivity index (χ4n) is 2.15. The highest BCUT2D eigenvalue weighted by molar-refractivity contribution is 7.26. The summed E-state index contributed by atoms with van der Waals surface area (Å²) in [5, 5.41) is 8.68. The van der Waals surface area contributed by atoms with Crippen molar-refractivity contribution in [2.24, 2.45) is 0 Å². The van der Waals surface area contributed by atoms with E-state index in [0.717, 1.165) is 0 Å². The second-order valence-electron chi connectivity index (χ2n) is 4.32. The molecule has 4 heterocycles. The Labute approximate surface area is 133 Å². The molecule has 0 saturated heterocycles. The van der Waals surface area contributed by atoms with Gasteiger partial charge in [0.2, 0.25) is 0 Å². The fourth-order valence-corrected chi connectivity index (χ4v) is 5.68. The third-order valence-corrected chi connectivity index (χ3v) is 7.01. The molecule has 0 spiro atoms. The van der Waals surface area contributed by atoms with Crippen LogP contribution in [0.25, 0.3) is 30.6 Å². The fraction of sp³-hybridized carbons (Fsp3) is 0. The molecule has 4 heteroatoms. The third kappa shape index (κ3) is 2.19. The lowest BCUT2D eigenvalue weighted by molar-refractivity contribution is 1.81. The van der Waals surface area contributed by atoms with Crippen molar-refractivity contribution in [3.05, 3.63) is 57.9 Å². The van der Waals surface area contributed by atoms with Gasteiger partial charge in [0.15, 0.2) is 0 Å². The van der Waals surface area contributed by atoms with Gasteiger partial charge in [-0.1, -0.05) is 12.1 Å². The molecule has 0 saturated carbocycles. The highest BCUT2D eigenvalue weighted by Crippen LogP contribution is 2.45. The van der Waals surface area contributed by atoms with Crippen LogP contribution in [0.2, 0.25) is 0 Å². The van der Waals surface area contributed by atoms with E-state index in [0.29, 0.717) is 0 Å². The van der Waals surface area contributed by atoms with Crippen molar-refractivity contribution in [2.45, 2.75) is 0 Å². The Balaban J connectivity index is 1.92. The van der Waals surface area contributed by atoms with E-state index >= 15 is 0 Å². The van der Waals surface area contributed by atoms with E-state index < -0.39 is 0 Å². The van der Waals surface area contributed by atoms with E-state index in [4.69, 9.17) is 0 Å². The smallest absolute Gasteiger partial charge is 0.0528 e. The number of hydrogen-bond donors (Lipinski definition) is 0. The molecule has 0 nitrogen and oxygen atoms in total. The lowest BCUT2D eigenvalue weighted by atomic mass is 10.1. The lowest BCUT2D eigenvalue weighted by Gasteiger charge is -1.97. The van der Waals surface area contributed by atoms with Gasteiger partial charge in [0.05, 0.1) is 4.88 Å². The maximum absolute atomic E-state index is 2.34. The molecule has 4 aromatic rings. The molecule has 20 heavy (non-hydrogen) atoms. The first-order valence-electron chi connectivity index (χ1n) is 6.16. The van der Waals surface area contributed by atoms with Crippen LogP contribution in [-0.4, -0.2) is 0 Å². The Kier molecular flexibility index (Phi) is 3.32. The van der Waals surface area contributed by atoms with Crippen molar-refractivity contribution in [2.75, 3.05) is 0 Å². The number of rotatable bonds is 3. The van der Waals surface area contributed by atoms with E-state index in [2.05, 4.69) is 57.9 Å². The Hall–Kier alpha value is -1.20. The molecule has 0 aliphatic heterocycles. The SMILES string of the molecule is c1csc(-c2cc(-c3ccsc3)c(-c3cccs3)s2)c1. The van der Waals surface area contributed by atoms with Gasteiger partial charge in [-0.15, -0.1) is 34.0 Å². The van der Waals surface area contributed by atoms with Gasteiger partial charge >= 0.3 is 0 Å². The average Bonchev–Trinajstić information content (AvgIpc) is 3.22. The first-order chi connectivity index (χ1) is 9.92. The summed E-state index contributed by atoms with van der Waals surface area (Å²) in [6.07, 6.45) is 0. The van der Waals surface area contributed by atoms with E-state index in [1.165, 1.54) is 30.6 Å². The standard InChI is InChI=1S/C16H10S4/c1-3-13(18-6-1)15-9-12(11-5-8-17-10-11)16(20-15)14-4-2-7-19-14/h1-10H. The molecular weight excluding hydrogens is 320 g/mol. The van der Waals surface area contributed by atoms with Crippen molar-refractivity contribution in [1.29, 1.82) is 0 Å². The van der Waals surface area contributed by atoms with Crippen molar-refractivity contribution in [1.82, 2.24) is 0 Å². The number of thiophene rings is 4. The zero-order valence-corrected chi connectivity index (χ0v) is 13.7. The minimum absolute atomic E-state index is 1.33. The Morgan fingerprint density at radius 3 is 2.20 bits per heavy atom. The van der Waals surface area contributed by atoms with E-state index in [1.54, 1.807) is 11.3 Å². The van der Waals surface area contributed by atoms with Crippen LogP contribution in [0.15, 0.2) is 57.9 Å². The summed E-state index contributed by atoms with van der Waals surface area (Å²) in [6, 6.07) is 13.2. The summed E-state index contributed by atoms with van der Waals surface area (Å²) in [4.78, 5) is 5.47. The predicted molar refractivity (Wildman–Crippen MR) is 94.3 cm³/mol. The van der Waals surface area contributed by atoms with Gasteiger partial charge in [0.1, 0.15) is 0 Å². The van der Waals surface area contributed by atoms with Crippen LogP contribution in [-0.2, 0) is 0 Å². The molecular formula is C16H10S4. The molecule has 4 rings (SSSR count). The van der Waals surface area contributed by atoms with Crippen molar-refractivity contribution in [3.8, 4) is 30.6 Å². The largest absolute Gasteiger partial charge is 0.152 e. The zero-order valence-electron chi connectivity index (χ0n) is 10.4. The summed E-state index contributed by atoms with van der Waals surface area (Å²) >= 11 is 7.28. The molecule has 0 radical (unpaired) electrons. The lowest BCUT2D eigenvalue weighted by Crippen LogP contribution is -1.71. The highest BCUT2D eigenvalue weighted by Gasteiger charge is 2.15. The van der Waals surface area contributed by atoms with E-state index in [-0.39, 0.29) is 0 Å². The quantitative estimate of drug-likeness (QED) is 0.382. The molecule has 0 unspecified atom stereocenters. The second kappa shape index (κ2) is 5.30. The molecule has 98 valence electrons. The minimum Gasteiger partial charge on any atom is -0.152 e. The summed E-state index contributed by atoms with van der Waals surface area (Å²) in [6.45, 7) is 0. The topological polar surface area (TPSA) is 0 Å². The van der Waals surface area contributed by atoms with Crippen molar-refractivity contribution >= 4 is 45.3 Å². The third-order valence-electron chi connectivity index (χ3n) is 3.07. The Bertz CT molecular complexity index is 735. The van der Waals surface area contributed by atoms with Crippen LogP contribution >= 0.6 is 45.3 Å². The predicted octanol–water partition coefficient (Wildman–Crippen LogP) is 6.93. The molecule has 0 N–H and O–H groups in total. The van der Waals surface area contributed by atoms with Crippen LogP contribution in [0.5, 0.6) is 0 Å². The van der Waals surface area contributed by atoms with Crippen LogP contribution < -0.4 is 0 Å². The first kappa shape index (κ1) is 12.5. The molecule has 0 fully saturated rings. The van der Waals surface area contributed by atoms with Gasteiger partial charge in [-0.25, -0.2) is 0 Å². The van der Waals surface area contributed by atoms with Gasteiger partial charge in [-0.2, -0.15) is 11.3 Å². The Morgan fingerprint density at radius 2 is 1.55 bits per heavy atom. The molecule has 0 bridgehead atoms. The molecule has 0 amide bonds. The summed E-state index contributed by atoms with van der Waals surface area (Å²) in [7, 11) is 0. The van der Waals surface area contributed by atoms with E-state index in [1.807, 2.05) is 34.0 Å². The van der Waals surface area contributed by atoms with Crippen LogP contribution in [0.4, 0.5) is 0 Å². The summed E-state index contributed by atoms with van der Waals surface area (Å²) in [5.41, 5.74) is 2.69. The monoisotopic (exact) mass is 330 g/mol. The second-order valence-corrected chi connectivity index (χ2v) is 8.05. The Morgan fingerprint density at radius 1 is 0.750 bits per heavy atom. The van der Waals surface area contributed by atoms with Gasteiger partial charge in [-0.05, 0) is 51.3 Å². The van der Waals surface area contributed by atoms with Gasteiger partial charge in [0, 0.05) is 20.2 Å². The zero-order chi connectivity index (χ0) is 13.4. The number of hydrogen-bond acceptors (Lipinski definition) is 4. The van der Waals surface area contributed by atoms with Crippen molar-refractivity contribution in [3.63, 3.8) is 0 Å². The van der Waals surface area contributed by atoms with Crippen LogP contribution in [0.1, 0.15) is 0 Å². The molecule has 4 aromatic heterocycles. The summed E-state index contributed by atoms with van der Waals surface area (Å²) in [5.74, 6) is 0. The first-order valence-corrected chi connectivity index (χ1v) is 9.68. The molecule has 0 aliphatic carbocycles.